The Morgan fingerprint density at radius 3 is 2.38 bits per heavy atom. The van der Waals surface area contributed by atoms with Crippen LogP contribution < -0.4 is 9.47 Å². The topological polar surface area (TPSA) is 49.2 Å². The molecule has 0 bridgehead atoms. The molecule has 0 fully saturated rings. The second-order valence-corrected chi connectivity index (χ2v) is 7.74. The van der Waals surface area contributed by atoms with Crippen LogP contribution in [0.25, 0.3) is 33.1 Å². The minimum absolute atomic E-state index is 0.648. The Morgan fingerprint density at radius 2 is 1.62 bits per heavy atom. The molecule has 0 atom stereocenters. The second-order valence-electron chi connectivity index (χ2n) is 6.82. The number of nitrogens with zero attached hydrogens (tertiary/aromatic N) is 3. The van der Waals surface area contributed by atoms with Crippen molar-refractivity contribution in [1.29, 1.82) is 0 Å². The van der Waals surface area contributed by atoms with Crippen molar-refractivity contribution in [2.45, 2.75) is 6.54 Å². The summed E-state index contributed by atoms with van der Waals surface area (Å²) < 4.78 is 14.1. The molecule has 0 unspecified atom stereocenters. The molecule has 0 aliphatic carbocycles. The molecule has 0 saturated heterocycles. The molecule has 0 aliphatic rings. The zero-order valence-corrected chi connectivity index (χ0v) is 17.6. The van der Waals surface area contributed by atoms with E-state index in [4.69, 9.17) is 19.4 Å². The van der Waals surface area contributed by atoms with Crippen LogP contribution in [0.4, 0.5) is 0 Å². The molecule has 144 valence electrons. The first kappa shape index (κ1) is 17.9. The third-order valence-corrected chi connectivity index (χ3v) is 5.59. The number of fused-ring (bicyclic) bond motifs is 4. The van der Waals surface area contributed by atoms with E-state index in [0.717, 1.165) is 43.1 Å². The molecule has 0 radical (unpaired) electrons. The monoisotopic (exact) mass is 447 g/mol. The van der Waals surface area contributed by atoms with E-state index in [0.29, 0.717) is 18.0 Å². The maximum atomic E-state index is 5.48. The predicted molar refractivity (Wildman–Crippen MR) is 119 cm³/mol. The van der Waals surface area contributed by atoms with Crippen molar-refractivity contribution in [3.8, 4) is 11.5 Å². The first-order valence-corrected chi connectivity index (χ1v) is 10.0. The van der Waals surface area contributed by atoms with Crippen molar-refractivity contribution in [2.24, 2.45) is 0 Å². The van der Waals surface area contributed by atoms with Crippen LogP contribution in [0.5, 0.6) is 11.5 Å². The minimum atomic E-state index is 0.648. The lowest BCUT2D eigenvalue weighted by Crippen LogP contribution is -2.02. The van der Waals surface area contributed by atoms with Gasteiger partial charge in [-0.15, -0.1) is 0 Å². The number of hydrogen-bond donors (Lipinski definition) is 0. The van der Waals surface area contributed by atoms with Crippen molar-refractivity contribution < 1.29 is 9.47 Å². The molecule has 0 amide bonds. The fourth-order valence-corrected chi connectivity index (χ4v) is 4.09. The average Bonchev–Trinajstić information content (AvgIpc) is 3.04. The SMILES string of the molecule is COc1ccc(Cn2c3ccc(Br)cc3c3nc4ccccc4nc32)cc1OC. The van der Waals surface area contributed by atoms with Gasteiger partial charge in [-0.05, 0) is 48.0 Å². The van der Waals surface area contributed by atoms with Crippen molar-refractivity contribution in [1.82, 2.24) is 14.5 Å². The minimum Gasteiger partial charge on any atom is -0.493 e. The van der Waals surface area contributed by atoms with Crippen LogP contribution in [0.1, 0.15) is 5.56 Å². The number of aromatic nitrogens is 3. The third-order valence-electron chi connectivity index (χ3n) is 5.10. The molecule has 29 heavy (non-hydrogen) atoms. The Balaban J connectivity index is 1.76. The van der Waals surface area contributed by atoms with Gasteiger partial charge in [0.25, 0.3) is 0 Å². The molecule has 6 heteroatoms. The van der Waals surface area contributed by atoms with E-state index in [-0.39, 0.29) is 0 Å². The Labute approximate surface area is 176 Å². The zero-order valence-electron chi connectivity index (χ0n) is 16.0. The van der Waals surface area contributed by atoms with Gasteiger partial charge in [-0.1, -0.05) is 34.1 Å². The zero-order chi connectivity index (χ0) is 20.0. The number of halogens is 1. The maximum Gasteiger partial charge on any atom is 0.161 e. The molecule has 2 heterocycles. The first-order chi connectivity index (χ1) is 14.2. The summed E-state index contributed by atoms with van der Waals surface area (Å²) in [5, 5.41) is 1.08. The fourth-order valence-electron chi connectivity index (χ4n) is 3.73. The van der Waals surface area contributed by atoms with Crippen molar-refractivity contribution in [3.05, 3.63) is 70.7 Å². The van der Waals surface area contributed by atoms with Gasteiger partial charge < -0.3 is 14.0 Å². The quantitative estimate of drug-likeness (QED) is 0.361. The fraction of sp³-hybridized carbons (Fsp3) is 0.130. The molecule has 0 aliphatic heterocycles. The van der Waals surface area contributed by atoms with Gasteiger partial charge in [-0.3, -0.25) is 0 Å². The van der Waals surface area contributed by atoms with Crippen molar-refractivity contribution in [2.75, 3.05) is 14.2 Å². The largest absolute Gasteiger partial charge is 0.493 e. The van der Waals surface area contributed by atoms with Gasteiger partial charge in [0.2, 0.25) is 0 Å². The van der Waals surface area contributed by atoms with Crippen LogP contribution in [0.15, 0.2) is 65.1 Å². The Hall–Kier alpha value is -3.12. The smallest absolute Gasteiger partial charge is 0.161 e. The summed E-state index contributed by atoms with van der Waals surface area (Å²) in [5.41, 5.74) is 5.74. The summed E-state index contributed by atoms with van der Waals surface area (Å²) in [5.74, 6) is 1.43. The number of rotatable bonds is 4. The van der Waals surface area contributed by atoms with E-state index in [1.807, 2.05) is 48.5 Å². The molecular weight excluding hydrogens is 430 g/mol. The highest BCUT2D eigenvalue weighted by Crippen LogP contribution is 2.33. The summed E-state index contributed by atoms with van der Waals surface area (Å²) in [6.07, 6.45) is 0. The van der Waals surface area contributed by atoms with Gasteiger partial charge >= 0.3 is 0 Å². The van der Waals surface area contributed by atoms with Crippen molar-refractivity contribution in [3.63, 3.8) is 0 Å². The molecule has 0 N–H and O–H groups in total. The van der Waals surface area contributed by atoms with Crippen LogP contribution >= 0.6 is 15.9 Å². The van der Waals surface area contributed by atoms with Crippen molar-refractivity contribution >= 4 is 49.0 Å². The molecule has 5 nitrogen and oxygen atoms in total. The summed E-state index contributed by atoms with van der Waals surface area (Å²) in [6, 6.07) is 20.2. The lowest BCUT2D eigenvalue weighted by Gasteiger charge is -2.11. The second kappa shape index (κ2) is 7.04. The maximum absolute atomic E-state index is 5.48. The molecular formula is C23H18BrN3O2. The first-order valence-electron chi connectivity index (χ1n) is 9.23. The lowest BCUT2D eigenvalue weighted by atomic mass is 10.2. The van der Waals surface area contributed by atoms with Crippen LogP contribution in [0.2, 0.25) is 0 Å². The van der Waals surface area contributed by atoms with Gasteiger partial charge in [0.15, 0.2) is 17.1 Å². The van der Waals surface area contributed by atoms with E-state index in [1.165, 1.54) is 0 Å². The molecule has 0 spiro atoms. The van der Waals surface area contributed by atoms with E-state index in [9.17, 15) is 0 Å². The third kappa shape index (κ3) is 3.00. The Morgan fingerprint density at radius 1 is 0.862 bits per heavy atom. The number of ether oxygens (including phenoxy) is 2. The number of benzene rings is 3. The molecule has 3 aromatic carbocycles. The normalized spacial score (nSPS) is 11.4. The van der Waals surface area contributed by atoms with Gasteiger partial charge in [0, 0.05) is 16.4 Å². The lowest BCUT2D eigenvalue weighted by molar-refractivity contribution is 0.354. The van der Waals surface area contributed by atoms with Crippen LogP contribution in [-0.4, -0.2) is 28.8 Å². The predicted octanol–water partition coefficient (Wildman–Crippen LogP) is 5.57. The summed E-state index contributed by atoms with van der Waals surface area (Å²) in [7, 11) is 3.29. The van der Waals surface area contributed by atoms with Crippen LogP contribution in [0, 0.1) is 0 Å². The van der Waals surface area contributed by atoms with Crippen LogP contribution in [0.3, 0.4) is 0 Å². The Kier molecular flexibility index (Phi) is 4.36. The molecule has 0 saturated carbocycles. The standard InChI is InChI=1S/C23H18BrN3O2/c1-28-20-10-7-14(11-21(20)29-2)13-27-19-9-8-15(24)12-16(19)22-23(27)26-18-6-4-3-5-17(18)25-22/h3-12H,13H2,1-2H3. The average molecular weight is 448 g/mol. The highest BCUT2D eigenvalue weighted by molar-refractivity contribution is 9.10. The van der Waals surface area contributed by atoms with E-state index >= 15 is 0 Å². The van der Waals surface area contributed by atoms with Gasteiger partial charge in [-0.25, -0.2) is 9.97 Å². The van der Waals surface area contributed by atoms with E-state index < -0.39 is 0 Å². The summed E-state index contributed by atoms with van der Waals surface area (Å²) in [4.78, 5) is 9.87. The number of hydrogen-bond acceptors (Lipinski definition) is 4. The van der Waals surface area contributed by atoms with Gasteiger partial charge in [0.05, 0.1) is 30.8 Å². The van der Waals surface area contributed by atoms with Crippen LogP contribution in [-0.2, 0) is 6.54 Å². The van der Waals surface area contributed by atoms with Gasteiger partial charge in [-0.2, -0.15) is 0 Å². The summed E-state index contributed by atoms with van der Waals surface area (Å²) in [6.45, 7) is 0.648. The highest BCUT2D eigenvalue weighted by Gasteiger charge is 2.16. The number of methoxy groups -OCH3 is 2. The van der Waals surface area contributed by atoms with E-state index in [2.05, 4.69) is 32.6 Å². The molecule has 2 aromatic heterocycles. The summed E-state index contributed by atoms with van der Waals surface area (Å²) >= 11 is 3.59. The molecule has 5 aromatic rings. The molecule has 5 rings (SSSR count). The number of para-hydroxylation sites is 2. The van der Waals surface area contributed by atoms with Gasteiger partial charge in [0.1, 0.15) is 5.52 Å². The van der Waals surface area contributed by atoms with E-state index in [1.54, 1.807) is 14.2 Å². The highest BCUT2D eigenvalue weighted by atomic mass is 79.9. The Bertz CT molecular complexity index is 1380.